The lowest BCUT2D eigenvalue weighted by atomic mass is 9.98. The molecule has 0 saturated heterocycles. The summed E-state index contributed by atoms with van der Waals surface area (Å²) in [4.78, 5) is 15.7. The molecule has 1 amide bonds. The molecule has 1 aromatic heterocycles. The van der Waals surface area contributed by atoms with Crippen molar-refractivity contribution >= 4 is 28.1 Å². The number of nitrogens with zero attached hydrogens (tertiary/aromatic N) is 1. The number of anilines is 2. The smallest absolute Gasteiger partial charge is 0.262 e. The highest BCUT2D eigenvalue weighted by atomic mass is 16.5. The average molecular weight is 291 g/mol. The van der Waals surface area contributed by atoms with E-state index in [0.717, 1.165) is 27.6 Å². The largest absolute Gasteiger partial charge is 0.466 e. The summed E-state index contributed by atoms with van der Waals surface area (Å²) >= 11 is 0. The van der Waals surface area contributed by atoms with E-state index in [9.17, 15) is 4.79 Å². The van der Waals surface area contributed by atoms with Crippen LogP contribution in [0.15, 0.2) is 48.7 Å². The van der Waals surface area contributed by atoms with Crippen molar-refractivity contribution in [1.29, 1.82) is 0 Å². The fourth-order valence-corrected chi connectivity index (χ4v) is 2.70. The number of pyridine rings is 1. The Kier molecular flexibility index (Phi) is 2.72. The van der Waals surface area contributed by atoms with Crippen LogP contribution in [0.25, 0.3) is 21.9 Å². The summed E-state index contributed by atoms with van der Waals surface area (Å²) in [6.45, 7) is 0.00411. The van der Waals surface area contributed by atoms with Crippen molar-refractivity contribution in [3.63, 3.8) is 0 Å². The second-order valence-corrected chi connectivity index (χ2v) is 5.16. The first-order chi connectivity index (χ1) is 10.7. The molecule has 4 rings (SSSR count). The van der Waals surface area contributed by atoms with Gasteiger partial charge in [-0.25, -0.2) is 4.98 Å². The van der Waals surface area contributed by atoms with Gasteiger partial charge in [0.1, 0.15) is 5.69 Å². The van der Waals surface area contributed by atoms with E-state index < -0.39 is 0 Å². The molecule has 2 heterocycles. The van der Waals surface area contributed by atoms with E-state index in [1.807, 2.05) is 42.5 Å². The molecule has 0 saturated carbocycles. The van der Waals surface area contributed by atoms with Crippen molar-refractivity contribution in [2.75, 3.05) is 17.7 Å². The highest BCUT2D eigenvalue weighted by molar-refractivity contribution is 6.03. The first-order valence-electron chi connectivity index (χ1n) is 6.93. The maximum absolute atomic E-state index is 11.5. The Bertz CT molecular complexity index is 906. The number of fused-ring (bicyclic) bond motifs is 2. The third-order valence-corrected chi connectivity index (χ3v) is 3.73. The van der Waals surface area contributed by atoms with Crippen LogP contribution in [0.3, 0.4) is 0 Å². The third kappa shape index (κ3) is 1.95. The van der Waals surface area contributed by atoms with Crippen LogP contribution < -0.4 is 15.8 Å². The van der Waals surface area contributed by atoms with Crippen molar-refractivity contribution in [2.45, 2.75) is 0 Å². The summed E-state index contributed by atoms with van der Waals surface area (Å²) in [5.41, 5.74) is 9.29. The number of aromatic nitrogens is 1. The van der Waals surface area contributed by atoms with Crippen molar-refractivity contribution in [1.82, 2.24) is 4.98 Å². The molecule has 22 heavy (non-hydrogen) atoms. The van der Waals surface area contributed by atoms with Crippen molar-refractivity contribution in [3.8, 4) is 17.0 Å². The van der Waals surface area contributed by atoms with E-state index in [-0.39, 0.29) is 12.5 Å². The van der Waals surface area contributed by atoms with Gasteiger partial charge in [-0.2, -0.15) is 0 Å². The molecule has 3 aromatic rings. The Morgan fingerprint density at radius 3 is 2.82 bits per heavy atom. The van der Waals surface area contributed by atoms with E-state index in [0.29, 0.717) is 11.6 Å². The van der Waals surface area contributed by atoms with E-state index in [1.165, 1.54) is 0 Å². The molecule has 0 radical (unpaired) electrons. The molecular formula is C17H13N3O2. The Morgan fingerprint density at radius 1 is 1.14 bits per heavy atom. The number of ether oxygens (including phenoxy) is 1. The van der Waals surface area contributed by atoms with Gasteiger partial charge in [0, 0.05) is 22.8 Å². The van der Waals surface area contributed by atoms with E-state index in [1.54, 1.807) is 6.20 Å². The van der Waals surface area contributed by atoms with Crippen LogP contribution in [0.1, 0.15) is 0 Å². The van der Waals surface area contributed by atoms with Crippen LogP contribution >= 0.6 is 0 Å². The molecule has 1 aliphatic heterocycles. The van der Waals surface area contributed by atoms with Gasteiger partial charge in [0.15, 0.2) is 6.61 Å². The zero-order valence-electron chi connectivity index (χ0n) is 11.7. The predicted molar refractivity (Wildman–Crippen MR) is 85.7 cm³/mol. The van der Waals surface area contributed by atoms with E-state index >= 15 is 0 Å². The quantitative estimate of drug-likeness (QED) is 0.676. The normalized spacial score (nSPS) is 13.4. The lowest BCUT2D eigenvalue weighted by Gasteiger charge is -2.18. The van der Waals surface area contributed by atoms with Gasteiger partial charge in [-0.1, -0.05) is 30.3 Å². The number of nitrogen functional groups attached to an aromatic ring is 1. The summed E-state index contributed by atoms with van der Waals surface area (Å²) in [6.07, 6.45) is 1.74. The fourth-order valence-electron chi connectivity index (χ4n) is 2.70. The number of rotatable bonds is 1. The van der Waals surface area contributed by atoms with Gasteiger partial charge in [0.05, 0.1) is 0 Å². The standard InChI is InChI=1S/C17H13N3O2/c18-14-6-5-11(12-3-1-2-4-13(12)14)10-7-15-17(19-8-10)22-9-16(21)20-15/h1-8H,9,18H2,(H,20,21). The van der Waals surface area contributed by atoms with E-state index in [2.05, 4.69) is 10.3 Å². The minimum atomic E-state index is -0.173. The first kappa shape index (κ1) is 12.6. The zero-order valence-corrected chi connectivity index (χ0v) is 11.7. The number of carbonyl (C=O) groups is 1. The minimum Gasteiger partial charge on any atom is -0.466 e. The van der Waals surface area contributed by atoms with Crippen LogP contribution in [-0.4, -0.2) is 17.5 Å². The summed E-state index contributed by atoms with van der Waals surface area (Å²) in [7, 11) is 0. The lowest BCUT2D eigenvalue weighted by Crippen LogP contribution is -2.25. The van der Waals surface area contributed by atoms with Crippen molar-refractivity contribution in [2.24, 2.45) is 0 Å². The zero-order chi connectivity index (χ0) is 15.1. The summed E-state index contributed by atoms with van der Waals surface area (Å²) in [5.74, 6) is 0.275. The topological polar surface area (TPSA) is 77.2 Å². The summed E-state index contributed by atoms with van der Waals surface area (Å²) < 4.78 is 5.29. The van der Waals surface area contributed by atoms with Gasteiger partial charge in [-0.3, -0.25) is 4.79 Å². The maximum Gasteiger partial charge on any atom is 0.262 e. The molecule has 3 N–H and O–H groups in total. The lowest BCUT2D eigenvalue weighted by molar-refractivity contribution is -0.118. The van der Waals surface area contributed by atoms with Gasteiger partial charge in [-0.15, -0.1) is 0 Å². The van der Waals surface area contributed by atoms with Gasteiger partial charge < -0.3 is 15.8 Å². The number of nitrogens with one attached hydrogen (secondary N) is 1. The molecule has 0 bridgehead atoms. The molecule has 5 nitrogen and oxygen atoms in total. The van der Waals surface area contributed by atoms with Gasteiger partial charge >= 0.3 is 0 Å². The number of nitrogens with two attached hydrogens (primary N) is 1. The average Bonchev–Trinajstić information content (AvgIpc) is 2.55. The van der Waals surface area contributed by atoms with Crippen LogP contribution in [0.4, 0.5) is 11.4 Å². The molecular weight excluding hydrogens is 278 g/mol. The number of hydrogen-bond donors (Lipinski definition) is 2. The van der Waals surface area contributed by atoms with Crippen molar-refractivity contribution < 1.29 is 9.53 Å². The minimum absolute atomic E-state index is 0.00411. The third-order valence-electron chi connectivity index (χ3n) is 3.73. The van der Waals surface area contributed by atoms with Crippen LogP contribution in [0, 0.1) is 0 Å². The number of benzene rings is 2. The molecule has 2 aromatic carbocycles. The molecule has 1 aliphatic rings. The predicted octanol–water partition coefficient (Wildman–Crippen LogP) is 2.81. The van der Waals surface area contributed by atoms with Crippen LogP contribution in [0.5, 0.6) is 5.88 Å². The summed E-state index contributed by atoms with van der Waals surface area (Å²) in [6, 6.07) is 13.7. The molecule has 108 valence electrons. The second-order valence-electron chi connectivity index (χ2n) is 5.16. The van der Waals surface area contributed by atoms with Gasteiger partial charge in [0.2, 0.25) is 5.88 Å². The number of carbonyl (C=O) groups excluding carboxylic acids is 1. The number of hydrogen-bond acceptors (Lipinski definition) is 4. The molecule has 5 heteroatoms. The molecule has 0 aliphatic carbocycles. The Balaban J connectivity index is 1.91. The number of amides is 1. The molecule has 0 spiro atoms. The summed E-state index contributed by atoms with van der Waals surface area (Å²) in [5, 5.41) is 4.82. The molecule has 0 atom stereocenters. The Hall–Kier alpha value is -3.08. The highest BCUT2D eigenvalue weighted by Crippen LogP contribution is 2.35. The Morgan fingerprint density at radius 2 is 1.95 bits per heavy atom. The SMILES string of the molecule is Nc1ccc(-c2cnc3c(c2)NC(=O)CO3)c2ccccc12. The van der Waals surface area contributed by atoms with E-state index in [4.69, 9.17) is 10.5 Å². The molecule has 0 unspecified atom stereocenters. The molecule has 0 fully saturated rings. The van der Waals surface area contributed by atoms with Crippen LogP contribution in [0.2, 0.25) is 0 Å². The van der Waals surface area contributed by atoms with Gasteiger partial charge in [0.25, 0.3) is 5.91 Å². The first-order valence-corrected chi connectivity index (χ1v) is 6.93. The highest BCUT2D eigenvalue weighted by Gasteiger charge is 2.18. The van der Waals surface area contributed by atoms with Crippen LogP contribution in [-0.2, 0) is 4.79 Å². The maximum atomic E-state index is 11.5. The van der Waals surface area contributed by atoms with Gasteiger partial charge in [-0.05, 0) is 23.1 Å². The van der Waals surface area contributed by atoms with Crippen molar-refractivity contribution in [3.05, 3.63) is 48.7 Å². The fraction of sp³-hybridized carbons (Fsp3) is 0.0588. The second kappa shape index (κ2) is 4.73. The monoisotopic (exact) mass is 291 g/mol. The Labute approximate surface area is 126 Å².